The molecule has 0 radical (unpaired) electrons. The van der Waals surface area contributed by atoms with Gasteiger partial charge in [-0.05, 0) is 12.1 Å². The van der Waals surface area contributed by atoms with E-state index in [9.17, 15) is 19.7 Å². The molecule has 18 heavy (non-hydrogen) atoms. The molecule has 1 aromatic carbocycles. The van der Waals surface area contributed by atoms with Crippen molar-refractivity contribution in [1.82, 2.24) is 0 Å². The number of hydrogen-bond acceptors (Lipinski definition) is 6. The van der Waals surface area contributed by atoms with E-state index in [1.807, 2.05) is 0 Å². The summed E-state index contributed by atoms with van der Waals surface area (Å²) < 4.78 is 8.81. The van der Waals surface area contributed by atoms with E-state index in [1.165, 1.54) is 6.07 Å². The molecule has 0 saturated carbocycles. The Labute approximate surface area is 103 Å². The lowest BCUT2D eigenvalue weighted by Gasteiger charge is -2.03. The molecule has 0 unspecified atom stereocenters. The van der Waals surface area contributed by atoms with Gasteiger partial charge in [-0.15, -0.1) is 0 Å². The quantitative estimate of drug-likeness (QED) is 0.464. The fourth-order valence-electron chi connectivity index (χ4n) is 1.21. The van der Waals surface area contributed by atoms with E-state index in [4.69, 9.17) is 0 Å². The molecule has 0 heterocycles. The van der Waals surface area contributed by atoms with Crippen molar-refractivity contribution >= 4 is 17.6 Å². The van der Waals surface area contributed by atoms with Gasteiger partial charge >= 0.3 is 11.9 Å². The highest BCUT2D eigenvalue weighted by atomic mass is 16.6. The highest BCUT2D eigenvalue weighted by Gasteiger charge is 2.23. The number of carbonyl (C=O) groups is 2. The third-order valence-corrected chi connectivity index (χ3v) is 2.02. The Morgan fingerprint density at radius 2 is 1.72 bits per heavy atom. The lowest BCUT2D eigenvalue weighted by Crippen LogP contribution is -2.08. The van der Waals surface area contributed by atoms with Gasteiger partial charge in [0.1, 0.15) is 5.56 Å². The van der Waals surface area contributed by atoms with Crippen LogP contribution in [0.3, 0.4) is 0 Å². The van der Waals surface area contributed by atoms with E-state index < -0.39 is 22.5 Å². The number of ether oxygens (including phenoxy) is 2. The van der Waals surface area contributed by atoms with Gasteiger partial charge in [-0.3, -0.25) is 10.1 Å². The first-order chi connectivity index (χ1) is 8.01. The molecule has 0 bridgehead atoms. The summed E-state index contributed by atoms with van der Waals surface area (Å²) in [4.78, 5) is 32.4. The highest BCUT2D eigenvalue weighted by molar-refractivity contribution is 5.97. The van der Waals surface area contributed by atoms with Crippen molar-refractivity contribution < 1.29 is 24.0 Å². The largest absolute Gasteiger partial charge is 0.465 e. The van der Waals surface area contributed by atoms with E-state index in [0.717, 1.165) is 26.4 Å². The summed E-state index contributed by atoms with van der Waals surface area (Å²) in [5.74, 6) is -1.56. The van der Waals surface area contributed by atoms with E-state index in [0.29, 0.717) is 0 Å². The Kier molecular flexibility index (Phi) is 5.47. The Morgan fingerprint density at radius 1 is 1.17 bits per heavy atom. The predicted molar refractivity (Wildman–Crippen MR) is 62.5 cm³/mol. The molecule has 0 spiro atoms. The minimum atomic E-state index is -0.840. The van der Waals surface area contributed by atoms with Crippen LogP contribution in [0, 0.1) is 10.1 Å². The number of esters is 2. The Hall–Kier alpha value is -2.44. The highest BCUT2D eigenvalue weighted by Crippen LogP contribution is 2.21. The molecule has 0 atom stereocenters. The van der Waals surface area contributed by atoms with Crippen LogP contribution in [0.1, 0.15) is 28.1 Å². The number of nitro benzene ring substituents is 1. The molecule has 0 N–H and O–H groups in total. The molecule has 0 aliphatic heterocycles. The number of nitro groups is 1. The zero-order valence-corrected chi connectivity index (χ0v) is 9.13. The van der Waals surface area contributed by atoms with Gasteiger partial charge < -0.3 is 9.47 Å². The maximum Gasteiger partial charge on any atom is 0.344 e. The number of benzene rings is 1. The van der Waals surface area contributed by atoms with Crippen LogP contribution in [0.15, 0.2) is 18.2 Å². The van der Waals surface area contributed by atoms with Crippen molar-refractivity contribution in [2.75, 3.05) is 14.2 Å². The van der Waals surface area contributed by atoms with Gasteiger partial charge in [0.25, 0.3) is 5.69 Å². The monoisotopic (exact) mass is 255 g/mol. The average Bonchev–Trinajstić information content (AvgIpc) is 2.35. The fraction of sp³-hybridized carbons (Fsp3) is 0.273. The average molecular weight is 255 g/mol. The van der Waals surface area contributed by atoms with E-state index in [-0.39, 0.29) is 18.6 Å². The summed E-state index contributed by atoms with van der Waals surface area (Å²) in [5.41, 5.74) is -0.725. The van der Waals surface area contributed by atoms with Crippen LogP contribution in [0.4, 0.5) is 5.69 Å². The van der Waals surface area contributed by atoms with Crippen LogP contribution < -0.4 is 0 Å². The van der Waals surface area contributed by atoms with Gasteiger partial charge in [0.15, 0.2) is 0 Å². The number of rotatable bonds is 3. The van der Waals surface area contributed by atoms with Crippen molar-refractivity contribution in [3.63, 3.8) is 0 Å². The second-order valence-corrected chi connectivity index (χ2v) is 2.97. The predicted octanol–water partition coefficient (Wildman–Crippen LogP) is 1.80. The molecule has 0 aliphatic carbocycles. The molecule has 98 valence electrons. The normalized spacial score (nSPS) is 9.00. The zero-order chi connectivity index (χ0) is 13.0. The molecular weight excluding hydrogens is 242 g/mol. The summed E-state index contributed by atoms with van der Waals surface area (Å²) in [6.07, 6.45) is 0. The lowest BCUT2D eigenvalue weighted by atomic mass is 10.1. The van der Waals surface area contributed by atoms with Crippen LogP contribution in [0.2, 0.25) is 0 Å². The van der Waals surface area contributed by atoms with Crippen molar-refractivity contribution in [3.8, 4) is 0 Å². The fourth-order valence-corrected chi connectivity index (χ4v) is 1.21. The number of nitrogens with zero attached hydrogens (tertiary/aromatic N) is 1. The summed E-state index contributed by atoms with van der Waals surface area (Å²) >= 11 is 0. The summed E-state index contributed by atoms with van der Waals surface area (Å²) in [7, 11) is 2.27. The minimum Gasteiger partial charge on any atom is -0.465 e. The third kappa shape index (κ3) is 3.03. The summed E-state index contributed by atoms with van der Waals surface area (Å²) in [6.45, 7) is 0. The van der Waals surface area contributed by atoms with Gasteiger partial charge in [-0.1, -0.05) is 7.43 Å². The lowest BCUT2D eigenvalue weighted by molar-refractivity contribution is -0.385. The molecular formula is C11H13NO6. The molecule has 0 fully saturated rings. The van der Waals surface area contributed by atoms with Gasteiger partial charge in [0, 0.05) is 6.07 Å². The molecule has 0 aliphatic rings. The first-order valence-electron chi connectivity index (χ1n) is 4.46. The maximum absolute atomic E-state index is 11.2. The third-order valence-electron chi connectivity index (χ3n) is 2.02. The van der Waals surface area contributed by atoms with Crippen molar-refractivity contribution in [2.24, 2.45) is 0 Å². The van der Waals surface area contributed by atoms with Crippen molar-refractivity contribution in [2.45, 2.75) is 7.43 Å². The Bertz CT molecular complexity index is 482. The van der Waals surface area contributed by atoms with Crippen LogP contribution >= 0.6 is 0 Å². The molecule has 0 aromatic heterocycles. The smallest absolute Gasteiger partial charge is 0.344 e. The topological polar surface area (TPSA) is 95.7 Å². The zero-order valence-electron chi connectivity index (χ0n) is 9.13. The molecule has 1 aromatic rings. The number of hydrogen-bond donors (Lipinski definition) is 0. The summed E-state index contributed by atoms with van der Waals surface area (Å²) in [6, 6.07) is 3.37. The Balaban J connectivity index is 0.00000289. The molecule has 0 amide bonds. The van der Waals surface area contributed by atoms with Gasteiger partial charge in [-0.25, -0.2) is 9.59 Å². The van der Waals surface area contributed by atoms with Crippen LogP contribution in [0.25, 0.3) is 0 Å². The molecule has 7 heteroatoms. The van der Waals surface area contributed by atoms with Crippen molar-refractivity contribution in [3.05, 3.63) is 39.4 Å². The minimum absolute atomic E-state index is 0. The van der Waals surface area contributed by atoms with E-state index >= 15 is 0 Å². The number of carbonyl (C=O) groups excluding carboxylic acids is 2. The van der Waals surface area contributed by atoms with E-state index in [2.05, 4.69) is 9.47 Å². The van der Waals surface area contributed by atoms with Crippen LogP contribution in [-0.4, -0.2) is 31.1 Å². The second kappa shape index (κ2) is 6.33. The maximum atomic E-state index is 11.2. The first-order valence-corrected chi connectivity index (χ1v) is 4.46. The SMILES string of the molecule is C.COC(=O)c1ccc(C(=O)OC)c([N+](=O)[O-])c1. The standard InChI is InChI=1S/C10H9NO6.CH4/c1-16-9(12)6-3-4-7(10(13)17-2)8(5-6)11(14)15;/h3-5H,1-2H3;1H4. The van der Waals surface area contributed by atoms with Gasteiger partial charge in [0.05, 0.1) is 24.7 Å². The molecule has 1 rings (SSSR count). The molecule has 0 saturated heterocycles. The van der Waals surface area contributed by atoms with Gasteiger partial charge in [-0.2, -0.15) is 0 Å². The molecule has 7 nitrogen and oxygen atoms in total. The number of methoxy groups -OCH3 is 2. The first kappa shape index (κ1) is 15.6. The summed E-state index contributed by atoms with van der Waals surface area (Å²) in [5, 5.41) is 10.8. The van der Waals surface area contributed by atoms with Crippen molar-refractivity contribution in [1.29, 1.82) is 0 Å². The van der Waals surface area contributed by atoms with Crippen LogP contribution in [0.5, 0.6) is 0 Å². The Morgan fingerprint density at radius 3 is 2.17 bits per heavy atom. The second-order valence-electron chi connectivity index (χ2n) is 2.97. The van der Waals surface area contributed by atoms with Crippen LogP contribution in [-0.2, 0) is 9.47 Å². The van der Waals surface area contributed by atoms with E-state index in [1.54, 1.807) is 0 Å². The van der Waals surface area contributed by atoms with Gasteiger partial charge in [0.2, 0.25) is 0 Å².